The van der Waals surface area contributed by atoms with Crippen molar-refractivity contribution in [1.29, 1.82) is 0 Å². The van der Waals surface area contributed by atoms with Crippen LogP contribution < -0.4 is 0 Å². The van der Waals surface area contributed by atoms with E-state index < -0.39 is 20.7 Å². The smallest absolute Gasteiger partial charge is 0.153 e. The van der Waals surface area contributed by atoms with Crippen molar-refractivity contribution in [3.63, 3.8) is 0 Å². The minimum Gasteiger partial charge on any atom is -0.388 e. The standard InChI is InChI=1S/C10H20O3S/c1-4-8(2)10(11)7-5-6-9(10)14(3,12)13/h8-9,11H,4-7H2,1-3H3. The number of rotatable bonds is 3. The summed E-state index contributed by atoms with van der Waals surface area (Å²) < 4.78 is 23.0. The quantitative estimate of drug-likeness (QED) is 0.781. The van der Waals surface area contributed by atoms with E-state index in [1.807, 2.05) is 13.8 Å². The van der Waals surface area contributed by atoms with Crippen molar-refractivity contribution in [1.82, 2.24) is 0 Å². The normalized spacial score (nSPS) is 35.9. The molecule has 0 aromatic rings. The molecule has 1 aliphatic rings. The van der Waals surface area contributed by atoms with E-state index in [2.05, 4.69) is 0 Å². The molecule has 0 saturated heterocycles. The van der Waals surface area contributed by atoms with Crippen molar-refractivity contribution in [2.75, 3.05) is 6.26 Å². The molecule has 14 heavy (non-hydrogen) atoms. The van der Waals surface area contributed by atoms with Gasteiger partial charge in [0.1, 0.15) is 0 Å². The van der Waals surface area contributed by atoms with E-state index in [0.29, 0.717) is 12.8 Å². The van der Waals surface area contributed by atoms with Crippen LogP contribution in [0.2, 0.25) is 0 Å². The SMILES string of the molecule is CCC(C)C1(O)CCCC1S(C)(=O)=O. The van der Waals surface area contributed by atoms with Gasteiger partial charge in [0.2, 0.25) is 0 Å². The molecule has 0 amide bonds. The molecule has 0 radical (unpaired) electrons. The Bertz CT molecular complexity index is 296. The van der Waals surface area contributed by atoms with Crippen LogP contribution in [-0.4, -0.2) is 30.6 Å². The minimum atomic E-state index is -3.12. The van der Waals surface area contributed by atoms with E-state index >= 15 is 0 Å². The van der Waals surface area contributed by atoms with E-state index in [1.165, 1.54) is 6.26 Å². The highest BCUT2D eigenvalue weighted by Crippen LogP contribution is 2.40. The highest BCUT2D eigenvalue weighted by atomic mass is 32.2. The average molecular weight is 220 g/mol. The largest absolute Gasteiger partial charge is 0.388 e. The third kappa shape index (κ3) is 1.96. The van der Waals surface area contributed by atoms with Gasteiger partial charge in [-0.15, -0.1) is 0 Å². The molecule has 1 aliphatic carbocycles. The molecule has 0 aromatic heterocycles. The number of hydrogen-bond donors (Lipinski definition) is 1. The molecule has 84 valence electrons. The lowest BCUT2D eigenvalue weighted by molar-refractivity contribution is -0.00336. The third-order valence-electron chi connectivity index (χ3n) is 3.58. The van der Waals surface area contributed by atoms with Gasteiger partial charge in [-0.3, -0.25) is 0 Å². The first-order chi connectivity index (χ1) is 6.32. The van der Waals surface area contributed by atoms with Gasteiger partial charge in [0.25, 0.3) is 0 Å². The van der Waals surface area contributed by atoms with E-state index in [1.54, 1.807) is 0 Å². The van der Waals surface area contributed by atoms with Crippen molar-refractivity contribution < 1.29 is 13.5 Å². The molecule has 3 nitrogen and oxygen atoms in total. The Balaban J connectivity index is 2.98. The first-order valence-corrected chi connectivity index (χ1v) is 7.19. The summed E-state index contributed by atoms with van der Waals surface area (Å²) in [6.45, 7) is 3.92. The fourth-order valence-electron chi connectivity index (χ4n) is 2.48. The van der Waals surface area contributed by atoms with Crippen LogP contribution in [0.4, 0.5) is 0 Å². The molecule has 3 unspecified atom stereocenters. The van der Waals surface area contributed by atoms with E-state index in [-0.39, 0.29) is 5.92 Å². The Morgan fingerprint density at radius 3 is 2.57 bits per heavy atom. The van der Waals surface area contributed by atoms with Gasteiger partial charge < -0.3 is 5.11 Å². The van der Waals surface area contributed by atoms with Gasteiger partial charge in [0.15, 0.2) is 9.84 Å². The molecule has 3 atom stereocenters. The van der Waals surface area contributed by atoms with Gasteiger partial charge in [-0.05, 0) is 25.2 Å². The van der Waals surface area contributed by atoms with Gasteiger partial charge >= 0.3 is 0 Å². The Kier molecular flexibility index (Phi) is 3.26. The monoisotopic (exact) mass is 220 g/mol. The summed E-state index contributed by atoms with van der Waals surface area (Å²) in [5, 5.41) is 9.83. The highest BCUT2D eigenvalue weighted by molar-refractivity contribution is 7.91. The van der Waals surface area contributed by atoms with Crippen LogP contribution in [0.1, 0.15) is 39.5 Å². The zero-order valence-corrected chi connectivity index (χ0v) is 9.97. The second kappa shape index (κ2) is 3.81. The summed E-state index contributed by atoms with van der Waals surface area (Å²) in [6, 6.07) is 0. The topological polar surface area (TPSA) is 54.4 Å². The van der Waals surface area contributed by atoms with E-state index in [9.17, 15) is 13.5 Å². The molecule has 0 heterocycles. The van der Waals surface area contributed by atoms with Gasteiger partial charge in [-0.1, -0.05) is 20.3 Å². The van der Waals surface area contributed by atoms with Gasteiger partial charge in [-0.25, -0.2) is 8.42 Å². The van der Waals surface area contributed by atoms with Gasteiger partial charge in [0.05, 0.1) is 10.9 Å². The fourth-order valence-corrected chi connectivity index (χ4v) is 4.17. The maximum Gasteiger partial charge on any atom is 0.153 e. The first kappa shape index (κ1) is 12.0. The zero-order chi connectivity index (χ0) is 11.0. The second-order valence-electron chi connectivity index (χ2n) is 4.51. The molecule has 0 aliphatic heterocycles. The molecular formula is C10H20O3S. The predicted octanol–water partition coefficient (Wildman–Crippen LogP) is 1.36. The third-order valence-corrected chi connectivity index (χ3v) is 5.26. The lowest BCUT2D eigenvalue weighted by Gasteiger charge is -2.34. The fraction of sp³-hybridized carbons (Fsp3) is 1.00. The summed E-state index contributed by atoms with van der Waals surface area (Å²) in [5.41, 5.74) is -0.984. The molecule has 1 saturated carbocycles. The van der Waals surface area contributed by atoms with Crippen molar-refractivity contribution in [3.05, 3.63) is 0 Å². The summed E-state index contributed by atoms with van der Waals surface area (Å²) in [4.78, 5) is 0. The Morgan fingerprint density at radius 2 is 2.14 bits per heavy atom. The molecule has 0 aromatic carbocycles. The van der Waals surface area contributed by atoms with Crippen LogP contribution in [0.15, 0.2) is 0 Å². The zero-order valence-electron chi connectivity index (χ0n) is 9.16. The van der Waals surface area contributed by atoms with Crippen LogP contribution in [0.3, 0.4) is 0 Å². The van der Waals surface area contributed by atoms with E-state index in [0.717, 1.165) is 12.8 Å². The van der Waals surface area contributed by atoms with E-state index in [4.69, 9.17) is 0 Å². The van der Waals surface area contributed by atoms with Crippen LogP contribution >= 0.6 is 0 Å². The van der Waals surface area contributed by atoms with Crippen molar-refractivity contribution in [3.8, 4) is 0 Å². The maximum atomic E-state index is 11.5. The number of sulfone groups is 1. The summed E-state index contributed by atoms with van der Waals surface area (Å²) >= 11 is 0. The Labute approximate surface area is 86.4 Å². The number of aliphatic hydroxyl groups is 1. The molecule has 0 bridgehead atoms. The summed E-state index contributed by atoms with van der Waals surface area (Å²) in [5.74, 6) is 0.0599. The van der Waals surface area contributed by atoms with Crippen molar-refractivity contribution >= 4 is 9.84 Å². The second-order valence-corrected chi connectivity index (χ2v) is 6.74. The number of hydrogen-bond acceptors (Lipinski definition) is 3. The summed E-state index contributed by atoms with van der Waals surface area (Å²) in [7, 11) is -3.12. The maximum absolute atomic E-state index is 11.5. The Hall–Kier alpha value is -0.0900. The minimum absolute atomic E-state index is 0.0599. The average Bonchev–Trinajstić information content (AvgIpc) is 2.46. The molecule has 4 heteroatoms. The van der Waals surface area contributed by atoms with Crippen LogP contribution in [0.25, 0.3) is 0 Å². The van der Waals surface area contributed by atoms with Crippen LogP contribution in [0.5, 0.6) is 0 Å². The van der Waals surface area contributed by atoms with Crippen molar-refractivity contribution in [2.45, 2.75) is 50.4 Å². The molecule has 1 N–H and O–H groups in total. The molecular weight excluding hydrogens is 200 g/mol. The van der Waals surface area contributed by atoms with Crippen LogP contribution in [0, 0.1) is 5.92 Å². The first-order valence-electron chi connectivity index (χ1n) is 5.23. The van der Waals surface area contributed by atoms with Gasteiger partial charge in [-0.2, -0.15) is 0 Å². The lowest BCUT2D eigenvalue weighted by Crippen LogP contribution is -2.47. The molecule has 1 fully saturated rings. The predicted molar refractivity (Wildman–Crippen MR) is 56.9 cm³/mol. The Morgan fingerprint density at radius 1 is 1.57 bits per heavy atom. The lowest BCUT2D eigenvalue weighted by atomic mass is 9.85. The molecule has 0 spiro atoms. The van der Waals surface area contributed by atoms with Crippen molar-refractivity contribution in [2.24, 2.45) is 5.92 Å². The van der Waals surface area contributed by atoms with Gasteiger partial charge in [0, 0.05) is 6.26 Å². The highest BCUT2D eigenvalue weighted by Gasteiger charge is 2.49. The van der Waals surface area contributed by atoms with Crippen LogP contribution in [-0.2, 0) is 9.84 Å². The summed E-state index contributed by atoms with van der Waals surface area (Å²) in [6.07, 6.45) is 4.11. The molecule has 1 rings (SSSR count).